The van der Waals surface area contributed by atoms with Crippen LogP contribution in [0.5, 0.6) is 0 Å². The van der Waals surface area contributed by atoms with E-state index in [4.69, 9.17) is 0 Å². The van der Waals surface area contributed by atoms with E-state index in [9.17, 15) is 17.6 Å². The Morgan fingerprint density at radius 2 is 1.85 bits per heavy atom. The normalized spacial score (nSPS) is 17.3. The van der Waals surface area contributed by atoms with E-state index in [2.05, 4.69) is 4.72 Å². The van der Waals surface area contributed by atoms with Gasteiger partial charge in [0.15, 0.2) is 0 Å². The number of carbonyl (C=O) groups is 1. The highest BCUT2D eigenvalue weighted by Crippen LogP contribution is 2.34. The predicted molar refractivity (Wildman–Crippen MR) is 102 cm³/mol. The van der Waals surface area contributed by atoms with Gasteiger partial charge in [0, 0.05) is 12.1 Å². The highest BCUT2D eigenvalue weighted by Gasteiger charge is 2.31. The standard InChI is InChI=1S/C20H23FN2O3S/c1-13-11-16(12-19(14(13)2)27(25,26)22-3)20(24)23-10-4-5-18(23)15-6-8-17(21)9-7-15/h6-9,11-12,18,22H,4-5,10H2,1-3H3. The van der Waals surface area contributed by atoms with Crippen molar-refractivity contribution in [3.05, 3.63) is 64.5 Å². The number of halogens is 1. The Hall–Kier alpha value is -2.25. The smallest absolute Gasteiger partial charge is 0.254 e. The SMILES string of the molecule is CNS(=O)(=O)c1cc(C(=O)N2CCCC2c2ccc(F)cc2)cc(C)c1C. The van der Waals surface area contributed by atoms with Gasteiger partial charge in [-0.25, -0.2) is 17.5 Å². The fourth-order valence-electron chi connectivity index (χ4n) is 3.55. The number of aryl methyl sites for hydroxylation is 1. The van der Waals surface area contributed by atoms with Crippen molar-refractivity contribution in [3.63, 3.8) is 0 Å². The summed E-state index contributed by atoms with van der Waals surface area (Å²) in [6.07, 6.45) is 1.64. The van der Waals surface area contributed by atoms with Crippen molar-refractivity contribution >= 4 is 15.9 Å². The third-order valence-corrected chi connectivity index (χ3v) is 6.73. The average molecular weight is 390 g/mol. The van der Waals surface area contributed by atoms with Crippen LogP contribution in [0.25, 0.3) is 0 Å². The summed E-state index contributed by atoms with van der Waals surface area (Å²) in [5.74, 6) is -0.525. The minimum atomic E-state index is -3.66. The summed E-state index contributed by atoms with van der Waals surface area (Å²) in [6, 6.07) is 9.21. The number of benzene rings is 2. The van der Waals surface area contributed by atoms with Crippen LogP contribution in [0, 0.1) is 19.7 Å². The number of hydrogen-bond donors (Lipinski definition) is 1. The van der Waals surface area contributed by atoms with Crippen molar-refractivity contribution in [2.45, 2.75) is 37.6 Å². The molecule has 0 aliphatic carbocycles. The monoisotopic (exact) mass is 390 g/mol. The Labute approximate surface area is 159 Å². The van der Waals surface area contributed by atoms with Crippen LogP contribution in [0.1, 0.15) is 45.9 Å². The van der Waals surface area contributed by atoms with E-state index < -0.39 is 10.0 Å². The lowest BCUT2D eigenvalue weighted by atomic mass is 10.0. The molecule has 27 heavy (non-hydrogen) atoms. The first-order valence-electron chi connectivity index (χ1n) is 8.86. The molecule has 1 fully saturated rings. The van der Waals surface area contributed by atoms with Crippen LogP contribution in [-0.2, 0) is 10.0 Å². The number of sulfonamides is 1. The zero-order chi connectivity index (χ0) is 19.8. The highest BCUT2D eigenvalue weighted by molar-refractivity contribution is 7.89. The van der Waals surface area contributed by atoms with Crippen molar-refractivity contribution in [1.82, 2.24) is 9.62 Å². The molecular formula is C20H23FN2O3S. The molecule has 0 saturated carbocycles. The molecule has 0 radical (unpaired) electrons. The first kappa shape index (κ1) is 19.5. The van der Waals surface area contributed by atoms with Crippen molar-refractivity contribution in [2.75, 3.05) is 13.6 Å². The molecule has 2 aromatic rings. The van der Waals surface area contributed by atoms with Crippen molar-refractivity contribution in [3.8, 4) is 0 Å². The first-order chi connectivity index (χ1) is 12.7. The van der Waals surface area contributed by atoms with Crippen LogP contribution in [0.15, 0.2) is 41.3 Å². The largest absolute Gasteiger partial charge is 0.332 e. The van der Waals surface area contributed by atoms with Gasteiger partial charge in [0.05, 0.1) is 10.9 Å². The molecule has 3 rings (SSSR count). The van der Waals surface area contributed by atoms with Crippen LogP contribution in [0.3, 0.4) is 0 Å². The Morgan fingerprint density at radius 1 is 1.19 bits per heavy atom. The minimum Gasteiger partial charge on any atom is -0.332 e. The van der Waals surface area contributed by atoms with Crippen LogP contribution >= 0.6 is 0 Å². The molecule has 5 nitrogen and oxygen atoms in total. The molecule has 1 atom stereocenters. The van der Waals surface area contributed by atoms with Gasteiger partial charge >= 0.3 is 0 Å². The van der Waals surface area contributed by atoms with Gasteiger partial charge in [-0.05, 0) is 74.7 Å². The molecule has 1 unspecified atom stereocenters. The number of rotatable bonds is 4. The molecule has 1 heterocycles. The second kappa shape index (κ2) is 7.40. The molecule has 1 amide bonds. The van der Waals surface area contributed by atoms with E-state index in [1.54, 1.807) is 36.9 Å². The topological polar surface area (TPSA) is 66.5 Å². The highest BCUT2D eigenvalue weighted by atomic mass is 32.2. The van der Waals surface area contributed by atoms with E-state index in [0.29, 0.717) is 17.7 Å². The van der Waals surface area contributed by atoms with Gasteiger partial charge < -0.3 is 4.90 Å². The predicted octanol–water partition coefficient (Wildman–Crippen LogP) is 3.33. The van der Waals surface area contributed by atoms with Gasteiger partial charge in [-0.15, -0.1) is 0 Å². The van der Waals surface area contributed by atoms with Crippen molar-refractivity contribution in [1.29, 1.82) is 0 Å². The molecular weight excluding hydrogens is 367 g/mol. The van der Waals surface area contributed by atoms with Gasteiger partial charge in [-0.1, -0.05) is 12.1 Å². The van der Waals surface area contributed by atoms with Crippen LogP contribution < -0.4 is 4.72 Å². The lowest BCUT2D eigenvalue weighted by Gasteiger charge is -2.26. The molecule has 0 spiro atoms. The van der Waals surface area contributed by atoms with E-state index >= 15 is 0 Å². The van der Waals surface area contributed by atoms with Gasteiger partial charge in [0.1, 0.15) is 5.82 Å². The van der Waals surface area contributed by atoms with Gasteiger partial charge in [-0.2, -0.15) is 0 Å². The fourth-order valence-corrected chi connectivity index (χ4v) is 4.61. The maximum Gasteiger partial charge on any atom is 0.254 e. The third-order valence-electron chi connectivity index (χ3n) is 5.19. The second-order valence-corrected chi connectivity index (χ2v) is 8.69. The summed E-state index contributed by atoms with van der Waals surface area (Å²) in [5.41, 5.74) is 2.60. The van der Waals surface area contributed by atoms with E-state index in [1.807, 2.05) is 0 Å². The zero-order valence-corrected chi connectivity index (χ0v) is 16.4. The molecule has 0 aromatic heterocycles. The fraction of sp³-hybridized carbons (Fsp3) is 0.350. The molecule has 2 aromatic carbocycles. The number of likely N-dealkylation sites (tertiary alicyclic amines) is 1. The molecule has 7 heteroatoms. The summed E-state index contributed by atoms with van der Waals surface area (Å²) in [4.78, 5) is 15.0. The molecule has 1 aliphatic heterocycles. The van der Waals surface area contributed by atoms with E-state index in [1.165, 1.54) is 25.2 Å². The summed E-state index contributed by atoms with van der Waals surface area (Å²) in [7, 11) is -2.31. The summed E-state index contributed by atoms with van der Waals surface area (Å²) >= 11 is 0. The van der Waals surface area contributed by atoms with Gasteiger partial charge in [-0.3, -0.25) is 4.79 Å². The Bertz CT molecular complexity index is 971. The lowest BCUT2D eigenvalue weighted by molar-refractivity contribution is 0.0735. The zero-order valence-electron chi connectivity index (χ0n) is 15.6. The molecule has 1 saturated heterocycles. The molecule has 1 aliphatic rings. The maximum atomic E-state index is 13.2. The third kappa shape index (κ3) is 3.75. The quantitative estimate of drug-likeness (QED) is 0.871. The number of carbonyl (C=O) groups excluding carboxylic acids is 1. The van der Waals surface area contributed by atoms with Crippen LogP contribution in [0.2, 0.25) is 0 Å². The number of hydrogen-bond acceptors (Lipinski definition) is 3. The van der Waals surface area contributed by atoms with E-state index in [-0.39, 0.29) is 22.7 Å². The number of amides is 1. The Balaban J connectivity index is 1.99. The van der Waals surface area contributed by atoms with E-state index in [0.717, 1.165) is 24.0 Å². The Kier molecular flexibility index (Phi) is 5.35. The van der Waals surface area contributed by atoms with Gasteiger partial charge in [0.25, 0.3) is 5.91 Å². The maximum absolute atomic E-state index is 13.2. The molecule has 0 bridgehead atoms. The second-order valence-electron chi connectivity index (χ2n) is 6.83. The molecule has 144 valence electrons. The summed E-state index contributed by atoms with van der Waals surface area (Å²) in [6.45, 7) is 4.11. The summed E-state index contributed by atoms with van der Waals surface area (Å²) in [5, 5.41) is 0. The minimum absolute atomic E-state index is 0.117. The van der Waals surface area contributed by atoms with Crippen LogP contribution in [0.4, 0.5) is 4.39 Å². The number of nitrogens with one attached hydrogen (secondary N) is 1. The van der Waals surface area contributed by atoms with Gasteiger partial charge in [0.2, 0.25) is 10.0 Å². The van der Waals surface area contributed by atoms with Crippen LogP contribution in [-0.4, -0.2) is 32.8 Å². The Morgan fingerprint density at radius 3 is 2.48 bits per heavy atom. The summed E-state index contributed by atoms with van der Waals surface area (Å²) < 4.78 is 40.2. The first-order valence-corrected chi connectivity index (χ1v) is 10.3. The molecule has 1 N–H and O–H groups in total. The van der Waals surface area contributed by atoms with Crippen molar-refractivity contribution in [2.24, 2.45) is 0 Å². The lowest BCUT2D eigenvalue weighted by Crippen LogP contribution is -2.31. The van der Waals surface area contributed by atoms with Crippen molar-refractivity contribution < 1.29 is 17.6 Å². The average Bonchev–Trinajstić information content (AvgIpc) is 3.13. The number of nitrogens with zero attached hydrogens (tertiary/aromatic N) is 1.